The van der Waals surface area contributed by atoms with Crippen LogP contribution in [0.4, 0.5) is 0 Å². The molecule has 0 aliphatic heterocycles. The molecule has 5 nitrogen and oxygen atoms in total. The van der Waals surface area contributed by atoms with E-state index in [9.17, 15) is 9.90 Å². The molecule has 1 N–H and O–H groups in total. The van der Waals surface area contributed by atoms with Crippen molar-refractivity contribution in [2.24, 2.45) is 0 Å². The van der Waals surface area contributed by atoms with Gasteiger partial charge >= 0.3 is 5.63 Å². The third kappa shape index (κ3) is 3.49. The molecule has 2 aromatic heterocycles. The Morgan fingerprint density at radius 1 is 1.25 bits per heavy atom. The lowest BCUT2D eigenvalue weighted by Crippen LogP contribution is -2.18. The molecular weight excluding hydrogens is 324 g/mol. The van der Waals surface area contributed by atoms with Crippen molar-refractivity contribution < 1.29 is 9.52 Å². The molecule has 24 heavy (non-hydrogen) atoms. The summed E-state index contributed by atoms with van der Waals surface area (Å²) < 4.78 is 5.24. The molecule has 0 saturated heterocycles. The molecule has 0 atom stereocenters. The fraction of sp³-hybridized carbons (Fsp3) is 0.333. The lowest BCUT2D eigenvalue weighted by atomic mass is 10.0. The van der Waals surface area contributed by atoms with Gasteiger partial charge < -0.3 is 9.52 Å². The third-order valence-electron chi connectivity index (χ3n) is 3.95. The van der Waals surface area contributed by atoms with Crippen LogP contribution >= 0.6 is 11.3 Å². The average Bonchev–Trinajstić information content (AvgIpc) is 2.91. The van der Waals surface area contributed by atoms with Crippen molar-refractivity contribution in [3.05, 3.63) is 55.8 Å². The summed E-state index contributed by atoms with van der Waals surface area (Å²) in [6.45, 7) is 5.29. The van der Waals surface area contributed by atoms with Gasteiger partial charge in [-0.1, -0.05) is 6.92 Å². The summed E-state index contributed by atoms with van der Waals surface area (Å²) in [5.74, 6) is 0.164. The highest BCUT2D eigenvalue weighted by atomic mass is 32.1. The van der Waals surface area contributed by atoms with Crippen LogP contribution in [0.5, 0.6) is 5.75 Å². The van der Waals surface area contributed by atoms with Crippen molar-refractivity contribution in [1.82, 2.24) is 9.88 Å². The van der Waals surface area contributed by atoms with Gasteiger partial charge in [0.05, 0.1) is 10.7 Å². The predicted molar refractivity (Wildman–Crippen MR) is 95.5 cm³/mol. The summed E-state index contributed by atoms with van der Waals surface area (Å²) in [6, 6.07) is 4.97. The van der Waals surface area contributed by atoms with Gasteiger partial charge in [-0.3, -0.25) is 4.90 Å². The number of thiazole rings is 1. The molecule has 0 bridgehead atoms. The van der Waals surface area contributed by atoms with Crippen LogP contribution in [0.3, 0.4) is 0 Å². The fourth-order valence-electron chi connectivity index (χ4n) is 2.83. The van der Waals surface area contributed by atoms with Crippen LogP contribution in [0, 0.1) is 6.92 Å². The van der Waals surface area contributed by atoms with Crippen molar-refractivity contribution in [3.8, 4) is 5.75 Å². The summed E-state index contributed by atoms with van der Waals surface area (Å²) in [5.41, 5.74) is 2.78. The molecule has 0 radical (unpaired) electrons. The molecular formula is C18H20N2O3S. The van der Waals surface area contributed by atoms with Gasteiger partial charge in [0.25, 0.3) is 0 Å². The Morgan fingerprint density at radius 3 is 2.71 bits per heavy atom. The highest BCUT2D eigenvalue weighted by Crippen LogP contribution is 2.27. The Balaban J connectivity index is 1.94. The maximum absolute atomic E-state index is 11.8. The molecule has 0 unspecified atom stereocenters. The zero-order chi connectivity index (χ0) is 17.3. The highest BCUT2D eigenvalue weighted by Gasteiger charge is 2.12. The normalized spacial score (nSPS) is 11.5. The zero-order valence-corrected chi connectivity index (χ0v) is 14.8. The van der Waals surface area contributed by atoms with Crippen molar-refractivity contribution >= 4 is 22.3 Å². The molecule has 2 heterocycles. The van der Waals surface area contributed by atoms with Gasteiger partial charge in [-0.2, -0.15) is 0 Å². The lowest BCUT2D eigenvalue weighted by Gasteiger charge is -2.17. The van der Waals surface area contributed by atoms with Crippen molar-refractivity contribution in [3.63, 3.8) is 0 Å². The molecule has 0 spiro atoms. The molecule has 0 aliphatic rings. The monoisotopic (exact) mass is 344 g/mol. The first-order valence-electron chi connectivity index (χ1n) is 7.84. The minimum Gasteiger partial charge on any atom is -0.508 e. The van der Waals surface area contributed by atoms with E-state index in [4.69, 9.17) is 4.42 Å². The van der Waals surface area contributed by atoms with Gasteiger partial charge in [-0.15, -0.1) is 11.3 Å². The molecule has 1 aromatic carbocycles. The van der Waals surface area contributed by atoms with E-state index in [1.165, 1.54) is 12.1 Å². The molecule has 3 aromatic rings. The third-order valence-corrected chi connectivity index (χ3v) is 4.77. The largest absolute Gasteiger partial charge is 0.508 e. The van der Waals surface area contributed by atoms with Gasteiger partial charge in [-0.05, 0) is 37.6 Å². The van der Waals surface area contributed by atoms with E-state index in [-0.39, 0.29) is 5.75 Å². The van der Waals surface area contributed by atoms with E-state index in [0.717, 1.165) is 27.2 Å². The molecule has 3 rings (SSSR count). The van der Waals surface area contributed by atoms with Gasteiger partial charge in [0.2, 0.25) is 0 Å². The molecule has 0 amide bonds. The van der Waals surface area contributed by atoms with Gasteiger partial charge in [0.1, 0.15) is 11.3 Å². The minimum absolute atomic E-state index is 0.164. The summed E-state index contributed by atoms with van der Waals surface area (Å²) in [4.78, 5) is 18.4. The first-order valence-corrected chi connectivity index (χ1v) is 8.72. The van der Waals surface area contributed by atoms with Crippen LogP contribution in [0.15, 0.2) is 32.8 Å². The highest BCUT2D eigenvalue weighted by molar-refractivity contribution is 7.09. The maximum atomic E-state index is 11.8. The number of aromatic hydroxyl groups is 1. The first kappa shape index (κ1) is 16.7. The first-order chi connectivity index (χ1) is 11.5. The second-order valence-electron chi connectivity index (χ2n) is 5.95. The summed E-state index contributed by atoms with van der Waals surface area (Å²) in [6.07, 6.45) is 0.717. The van der Waals surface area contributed by atoms with Crippen LogP contribution < -0.4 is 5.63 Å². The van der Waals surface area contributed by atoms with E-state index in [0.29, 0.717) is 25.1 Å². The van der Waals surface area contributed by atoms with E-state index < -0.39 is 5.63 Å². The molecule has 6 heteroatoms. The van der Waals surface area contributed by atoms with Crippen molar-refractivity contribution in [2.45, 2.75) is 33.4 Å². The van der Waals surface area contributed by atoms with Crippen LogP contribution in [-0.4, -0.2) is 22.0 Å². The topological polar surface area (TPSA) is 66.6 Å². The number of phenolic OH excluding ortho intramolecular Hbond substituents is 1. The molecule has 0 fully saturated rings. The van der Waals surface area contributed by atoms with E-state index in [2.05, 4.69) is 15.3 Å². The Labute approximate surface area is 144 Å². The summed E-state index contributed by atoms with van der Waals surface area (Å²) in [5, 5.41) is 14.0. The number of rotatable bonds is 5. The SMILES string of the molecule is CCc1cc2c(CN(C)Cc3csc(C)n3)cc(=O)oc2cc1O. The Morgan fingerprint density at radius 2 is 2.04 bits per heavy atom. The Hall–Kier alpha value is -2.18. The van der Waals surface area contributed by atoms with Gasteiger partial charge in [0, 0.05) is 36.0 Å². The van der Waals surface area contributed by atoms with Crippen molar-refractivity contribution in [2.75, 3.05) is 7.05 Å². The quantitative estimate of drug-likeness (QED) is 0.718. The second-order valence-corrected chi connectivity index (χ2v) is 7.01. The van der Waals surface area contributed by atoms with Crippen LogP contribution in [0.1, 0.15) is 28.8 Å². The van der Waals surface area contributed by atoms with E-state index >= 15 is 0 Å². The number of aromatic nitrogens is 1. The number of hydrogen-bond donors (Lipinski definition) is 1. The smallest absolute Gasteiger partial charge is 0.336 e. The minimum atomic E-state index is -0.404. The number of hydrogen-bond acceptors (Lipinski definition) is 6. The lowest BCUT2D eigenvalue weighted by molar-refractivity contribution is 0.316. The number of nitrogens with zero attached hydrogens (tertiary/aromatic N) is 2. The van der Waals surface area contributed by atoms with Crippen LogP contribution in [0.25, 0.3) is 11.0 Å². The zero-order valence-electron chi connectivity index (χ0n) is 14.0. The molecule has 0 aliphatic carbocycles. The Kier molecular flexibility index (Phi) is 4.69. The Bertz CT molecular complexity index is 930. The average molecular weight is 344 g/mol. The van der Waals surface area contributed by atoms with Crippen LogP contribution in [-0.2, 0) is 19.5 Å². The van der Waals surface area contributed by atoms with Gasteiger partial charge in [-0.25, -0.2) is 9.78 Å². The molecule has 126 valence electrons. The number of phenols is 1. The maximum Gasteiger partial charge on any atom is 0.336 e. The van der Waals surface area contributed by atoms with Crippen LogP contribution in [0.2, 0.25) is 0 Å². The molecule has 0 saturated carbocycles. The van der Waals surface area contributed by atoms with E-state index in [1.54, 1.807) is 11.3 Å². The predicted octanol–water partition coefficient (Wildman–Crippen LogP) is 3.46. The number of benzene rings is 1. The van der Waals surface area contributed by atoms with Crippen molar-refractivity contribution in [1.29, 1.82) is 0 Å². The number of fused-ring (bicyclic) bond motifs is 1. The second kappa shape index (κ2) is 6.75. The standard InChI is InChI=1S/C18H20N2O3S/c1-4-12-5-15-13(6-18(22)23-17(15)7-16(12)21)8-20(3)9-14-10-24-11(2)19-14/h5-7,10,21H,4,8-9H2,1-3H3. The number of aryl methyl sites for hydroxylation is 2. The summed E-state index contributed by atoms with van der Waals surface area (Å²) in [7, 11) is 2.00. The van der Waals surface area contributed by atoms with Gasteiger partial charge in [0.15, 0.2) is 0 Å². The fourth-order valence-corrected chi connectivity index (χ4v) is 3.43. The van der Waals surface area contributed by atoms with E-state index in [1.807, 2.05) is 27.0 Å². The summed E-state index contributed by atoms with van der Waals surface area (Å²) >= 11 is 1.63.